The number of hydrogen-bond donors (Lipinski definition) is 3. The summed E-state index contributed by atoms with van der Waals surface area (Å²) in [7, 11) is -9.93. The number of carbonyl (C=O) groups is 4. The number of carbonyl (C=O) groups excluding carboxylic acids is 4. The molecule has 0 aromatic heterocycles. The number of aliphatic hydroxyl groups excluding tert-OH is 1. The Morgan fingerprint density at radius 2 is 0.471 bits per heavy atom. The first-order valence-electron chi connectivity index (χ1n) is 42.8. The van der Waals surface area contributed by atoms with E-state index in [0.717, 1.165) is 114 Å². The van der Waals surface area contributed by atoms with Crippen LogP contribution in [-0.4, -0.2) is 96.7 Å². The van der Waals surface area contributed by atoms with Gasteiger partial charge in [0.05, 0.1) is 26.4 Å². The van der Waals surface area contributed by atoms with Gasteiger partial charge in [0.1, 0.15) is 19.3 Å². The fraction of sp³-hybridized carbons (Fsp3) is 0.952. The number of esters is 4. The molecule has 0 rings (SSSR count). The molecule has 3 N–H and O–H groups in total. The highest BCUT2D eigenvalue weighted by molar-refractivity contribution is 7.47. The summed E-state index contributed by atoms with van der Waals surface area (Å²) in [4.78, 5) is 73.1. The SMILES string of the molecule is CCC(C)CCCCCCCCCCCCCCCCC(=O)OC[C@H](COP(=O)(O)OC[C@@H](O)COP(=O)(O)OC[C@@H](COC(=O)CCCCCCCCCCC(C)C)OC(=O)CCCCCCCCCCCCC(C)CC)OC(=O)CCCCCCCCCCCCCCCCCCC(C)C. The van der Waals surface area contributed by atoms with E-state index in [1.165, 1.54) is 231 Å². The Labute approximate surface area is 626 Å². The molecule has 0 amide bonds. The summed E-state index contributed by atoms with van der Waals surface area (Å²) in [5.74, 6) is 1.08. The van der Waals surface area contributed by atoms with Crippen molar-refractivity contribution in [3.05, 3.63) is 0 Å². The molecule has 0 bridgehead atoms. The lowest BCUT2D eigenvalue weighted by Gasteiger charge is -2.21. The van der Waals surface area contributed by atoms with Crippen LogP contribution < -0.4 is 0 Å². The van der Waals surface area contributed by atoms with Crippen molar-refractivity contribution < 1.29 is 80.2 Å². The molecule has 0 aliphatic heterocycles. The number of hydrogen-bond acceptors (Lipinski definition) is 15. The van der Waals surface area contributed by atoms with Gasteiger partial charge in [0.25, 0.3) is 0 Å². The standard InChI is InChI=1S/C83H162O17P2/c1-9-75(7)61-53-45-37-28-22-18-15-16-19-23-30-39-47-55-63-80(85)93-69-78(99-82(87)65-57-49-41-31-24-20-14-12-11-13-17-21-27-35-43-51-59-73(3)4)71-97-101(89,90)95-67-77(84)68-96-102(91,92)98-72-79(70-94-81(86)64-56-48-40-34-33-36-44-52-60-74(5)6)100-83(88)66-58-50-42-32-26-25-29-38-46-54-62-76(8)10-2/h73-79,84H,9-72H2,1-8H3,(H,89,90)(H,91,92)/t75?,76?,77-,78-,79-/m1/s1. The predicted octanol–water partition coefficient (Wildman–Crippen LogP) is 24.8. The molecule has 0 aliphatic rings. The first-order chi connectivity index (χ1) is 49.2. The van der Waals surface area contributed by atoms with Crippen LogP contribution in [0.4, 0.5) is 0 Å². The van der Waals surface area contributed by atoms with Crippen LogP contribution in [0.15, 0.2) is 0 Å². The molecular weight excluding hydrogens is 1330 g/mol. The Hall–Kier alpha value is -1.94. The third kappa shape index (κ3) is 73.6. The van der Waals surface area contributed by atoms with Gasteiger partial charge in [-0.2, -0.15) is 0 Å². The highest BCUT2D eigenvalue weighted by Crippen LogP contribution is 2.45. The molecule has 606 valence electrons. The molecular formula is C83H162O17P2. The largest absolute Gasteiger partial charge is 0.472 e. The molecule has 0 fully saturated rings. The topological polar surface area (TPSA) is 237 Å². The predicted molar refractivity (Wildman–Crippen MR) is 418 cm³/mol. The molecule has 0 aliphatic carbocycles. The van der Waals surface area contributed by atoms with Crippen LogP contribution in [0.2, 0.25) is 0 Å². The fourth-order valence-corrected chi connectivity index (χ4v) is 14.3. The number of ether oxygens (including phenoxy) is 4. The average molecular weight is 1490 g/mol. The van der Waals surface area contributed by atoms with E-state index in [4.69, 9.17) is 37.0 Å². The van der Waals surface area contributed by atoms with E-state index in [2.05, 4.69) is 55.4 Å². The summed E-state index contributed by atoms with van der Waals surface area (Å²) in [5.41, 5.74) is 0. The van der Waals surface area contributed by atoms with Crippen molar-refractivity contribution in [3.63, 3.8) is 0 Å². The van der Waals surface area contributed by atoms with E-state index in [0.29, 0.717) is 25.7 Å². The van der Waals surface area contributed by atoms with Gasteiger partial charge < -0.3 is 33.8 Å². The van der Waals surface area contributed by atoms with Crippen molar-refractivity contribution in [1.29, 1.82) is 0 Å². The van der Waals surface area contributed by atoms with Gasteiger partial charge in [0.15, 0.2) is 12.2 Å². The van der Waals surface area contributed by atoms with Crippen LogP contribution in [-0.2, 0) is 65.4 Å². The van der Waals surface area contributed by atoms with Crippen LogP contribution in [0.25, 0.3) is 0 Å². The number of phosphoric ester groups is 2. The minimum absolute atomic E-state index is 0.106. The zero-order valence-corrected chi connectivity index (χ0v) is 69.0. The highest BCUT2D eigenvalue weighted by atomic mass is 31.2. The molecule has 102 heavy (non-hydrogen) atoms. The van der Waals surface area contributed by atoms with Crippen molar-refractivity contribution in [2.24, 2.45) is 23.7 Å². The maximum absolute atomic E-state index is 13.1. The van der Waals surface area contributed by atoms with Crippen molar-refractivity contribution in [2.45, 2.75) is 446 Å². The van der Waals surface area contributed by atoms with E-state index >= 15 is 0 Å². The molecule has 7 atom stereocenters. The number of unbranched alkanes of at least 4 members (excludes halogenated alkanes) is 44. The smallest absolute Gasteiger partial charge is 0.462 e. The zero-order valence-electron chi connectivity index (χ0n) is 67.2. The van der Waals surface area contributed by atoms with Crippen LogP contribution >= 0.6 is 15.6 Å². The number of rotatable bonds is 80. The molecule has 0 aromatic carbocycles. The van der Waals surface area contributed by atoms with E-state index in [9.17, 15) is 43.2 Å². The summed E-state index contributed by atoms with van der Waals surface area (Å²) in [6, 6.07) is 0. The van der Waals surface area contributed by atoms with Crippen molar-refractivity contribution in [2.75, 3.05) is 39.6 Å². The Morgan fingerprint density at radius 1 is 0.275 bits per heavy atom. The summed E-state index contributed by atoms with van der Waals surface area (Å²) in [6.45, 7) is 14.3. The van der Waals surface area contributed by atoms with E-state index in [1.807, 2.05) is 0 Å². The molecule has 0 heterocycles. The maximum Gasteiger partial charge on any atom is 0.472 e. The molecule has 0 saturated carbocycles. The lowest BCUT2D eigenvalue weighted by atomic mass is 9.99. The van der Waals surface area contributed by atoms with Crippen LogP contribution in [0, 0.1) is 23.7 Å². The number of aliphatic hydroxyl groups is 1. The third-order valence-corrected chi connectivity index (χ3v) is 21.9. The van der Waals surface area contributed by atoms with Gasteiger partial charge in [-0.1, -0.05) is 376 Å². The van der Waals surface area contributed by atoms with Crippen molar-refractivity contribution in [1.82, 2.24) is 0 Å². The lowest BCUT2D eigenvalue weighted by molar-refractivity contribution is -0.161. The minimum atomic E-state index is -4.96. The molecule has 0 spiro atoms. The van der Waals surface area contributed by atoms with Gasteiger partial charge in [0, 0.05) is 25.7 Å². The summed E-state index contributed by atoms with van der Waals surface area (Å²) in [6.07, 6.45) is 59.5. The maximum atomic E-state index is 13.1. The van der Waals surface area contributed by atoms with Crippen LogP contribution in [0.1, 0.15) is 428 Å². The van der Waals surface area contributed by atoms with Crippen molar-refractivity contribution >= 4 is 39.5 Å². The minimum Gasteiger partial charge on any atom is -0.462 e. The summed E-state index contributed by atoms with van der Waals surface area (Å²) >= 11 is 0. The Bertz CT molecular complexity index is 1990. The van der Waals surface area contributed by atoms with Gasteiger partial charge in [-0.05, 0) is 49.4 Å². The normalized spacial score (nSPS) is 14.5. The van der Waals surface area contributed by atoms with Gasteiger partial charge >= 0.3 is 39.5 Å². The Kier molecular flexibility index (Phi) is 70.6. The van der Waals surface area contributed by atoms with E-state index in [-0.39, 0.29) is 25.7 Å². The molecule has 0 aromatic rings. The van der Waals surface area contributed by atoms with Crippen LogP contribution in [0.3, 0.4) is 0 Å². The van der Waals surface area contributed by atoms with E-state index in [1.54, 1.807) is 0 Å². The molecule has 17 nitrogen and oxygen atoms in total. The van der Waals surface area contributed by atoms with Gasteiger partial charge in [0.2, 0.25) is 0 Å². The fourth-order valence-electron chi connectivity index (χ4n) is 12.7. The second kappa shape index (κ2) is 72.0. The van der Waals surface area contributed by atoms with Gasteiger partial charge in [-0.25, -0.2) is 9.13 Å². The first kappa shape index (κ1) is 100. The summed E-state index contributed by atoms with van der Waals surface area (Å²) in [5, 5.41) is 10.7. The quantitative estimate of drug-likeness (QED) is 0.0222. The molecule has 0 radical (unpaired) electrons. The van der Waals surface area contributed by atoms with Gasteiger partial charge in [-0.15, -0.1) is 0 Å². The summed E-state index contributed by atoms with van der Waals surface area (Å²) < 4.78 is 68.8. The molecule has 0 saturated heterocycles. The third-order valence-electron chi connectivity index (χ3n) is 20.0. The average Bonchev–Trinajstić information content (AvgIpc) is 0.917. The second-order valence-electron chi connectivity index (χ2n) is 31.3. The second-order valence-corrected chi connectivity index (χ2v) is 34.2. The van der Waals surface area contributed by atoms with Crippen LogP contribution in [0.5, 0.6) is 0 Å². The van der Waals surface area contributed by atoms with Crippen molar-refractivity contribution in [3.8, 4) is 0 Å². The molecule has 19 heteroatoms. The molecule has 4 unspecified atom stereocenters. The first-order valence-corrected chi connectivity index (χ1v) is 45.8. The Morgan fingerprint density at radius 3 is 0.696 bits per heavy atom. The Balaban J connectivity index is 5.26. The monoisotopic (exact) mass is 1490 g/mol. The lowest BCUT2D eigenvalue weighted by Crippen LogP contribution is -2.30. The van der Waals surface area contributed by atoms with Gasteiger partial charge in [-0.3, -0.25) is 37.3 Å². The zero-order chi connectivity index (χ0) is 75.3. The number of phosphoric acid groups is 2. The van der Waals surface area contributed by atoms with E-state index < -0.39 is 97.5 Å². The highest BCUT2D eigenvalue weighted by Gasteiger charge is 2.30.